The molecular weight excluding hydrogens is 238 g/mol. The fourth-order valence-corrected chi connectivity index (χ4v) is 2.84. The van der Waals surface area contributed by atoms with Crippen molar-refractivity contribution in [2.75, 3.05) is 6.61 Å². The summed E-state index contributed by atoms with van der Waals surface area (Å²) in [5.41, 5.74) is 0.258. The first-order valence-corrected chi connectivity index (χ1v) is 7.11. The number of benzene rings is 1. The fraction of sp³-hybridized carbons (Fsp3) is 0.562. The maximum atomic E-state index is 12.1. The standard InChI is InChI=1S/C16H23NO2/c1-16(12-18,14-9-3-2-4-10-14)17-15(19)11-13-7-5-6-8-13/h2-4,9-10,13,18H,5-8,11-12H2,1H3,(H,17,19). The second-order valence-electron chi connectivity index (χ2n) is 5.76. The summed E-state index contributed by atoms with van der Waals surface area (Å²) in [5.74, 6) is 0.575. The van der Waals surface area contributed by atoms with E-state index in [-0.39, 0.29) is 12.5 Å². The van der Waals surface area contributed by atoms with Gasteiger partial charge in [-0.15, -0.1) is 0 Å². The van der Waals surface area contributed by atoms with E-state index in [1.165, 1.54) is 12.8 Å². The summed E-state index contributed by atoms with van der Waals surface area (Å²) in [6.45, 7) is 1.78. The molecule has 1 atom stereocenters. The molecule has 3 heteroatoms. The second-order valence-corrected chi connectivity index (χ2v) is 5.76. The zero-order valence-electron chi connectivity index (χ0n) is 11.6. The lowest BCUT2D eigenvalue weighted by Gasteiger charge is -2.30. The van der Waals surface area contributed by atoms with E-state index in [0.29, 0.717) is 12.3 Å². The first-order chi connectivity index (χ1) is 9.14. The molecule has 1 amide bonds. The number of aliphatic hydroxyl groups is 1. The molecule has 2 N–H and O–H groups in total. The molecule has 2 rings (SSSR count). The Hall–Kier alpha value is -1.35. The molecule has 0 spiro atoms. The van der Waals surface area contributed by atoms with E-state index >= 15 is 0 Å². The Bertz CT molecular complexity index is 412. The molecule has 0 heterocycles. The van der Waals surface area contributed by atoms with Gasteiger partial charge in [-0.3, -0.25) is 4.79 Å². The van der Waals surface area contributed by atoms with Crippen molar-refractivity contribution in [2.45, 2.75) is 44.6 Å². The van der Waals surface area contributed by atoms with Gasteiger partial charge in [0.1, 0.15) is 0 Å². The summed E-state index contributed by atoms with van der Waals surface area (Å²) in [7, 11) is 0. The number of rotatable bonds is 5. The molecule has 3 nitrogen and oxygen atoms in total. The minimum absolute atomic E-state index is 0.0484. The van der Waals surface area contributed by atoms with Crippen LogP contribution in [0.2, 0.25) is 0 Å². The summed E-state index contributed by atoms with van der Waals surface area (Å²) < 4.78 is 0. The van der Waals surface area contributed by atoms with Gasteiger partial charge in [-0.2, -0.15) is 0 Å². The van der Waals surface area contributed by atoms with E-state index in [0.717, 1.165) is 18.4 Å². The van der Waals surface area contributed by atoms with Crippen LogP contribution in [0.25, 0.3) is 0 Å². The van der Waals surface area contributed by atoms with Gasteiger partial charge in [-0.05, 0) is 31.2 Å². The Morgan fingerprint density at radius 3 is 2.53 bits per heavy atom. The third-order valence-electron chi connectivity index (χ3n) is 4.09. The Balaban J connectivity index is 1.99. The third-order valence-corrected chi connectivity index (χ3v) is 4.09. The first-order valence-electron chi connectivity index (χ1n) is 7.11. The number of hydrogen-bond acceptors (Lipinski definition) is 2. The molecule has 0 radical (unpaired) electrons. The van der Waals surface area contributed by atoms with E-state index in [2.05, 4.69) is 5.32 Å². The molecule has 1 fully saturated rings. The molecule has 0 aliphatic heterocycles. The lowest BCUT2D eigenvalue weighted by Crippen LogP contribution is -2.46. The zero-order chi connectivity index (χ0) is 13.7. The topological polar surface area (TPSA) is 49.3 Å². The Labute approximate surface area is 115 Å². The lowest BCUT2D eigenvalue weighted by atomic mass is 9.92. The van der Waals surface area contributed by atoms with Crippen molar-refractivity contribution in [1.29, 1.82) is 0 Å². The Kier molecular flexibility index (Phi) is 4.59. The zero-order valence-corrected chi connectivity index (χ0v) is 11.6. The number of carbonyl (C=O) groups excluding carboxylic acids is 1. The van der Waals surface area contributed by atoms with Gasteiger partial charge >= 0.3 is 0 Å². The van der Waals surface area contributed by atoms with Crippen LogP contribution in [-0.2, 0) is 10.3 Å². The molecular formula is C16H23NO2. The number of nitrogens with one attached hydrogen (secondary N) is 1. The summed E-state index contributed by atoms with van der Waals surface area (Å²) in [5, 5.41) is 12.6. The minimum Gasteiger partial charge on any atom is -0.394 e. The predicted octanol–water partition coefficient (Wildman–Crippen LogP) is 2.59. The number of aliphatic hydroxyl groups excluding tert-OH is 1. The number of carbonyl (C=O) groups is 1. The minimum atomic E-state index is -0.684. The van der Waals surface area contributed by atoms with Crippen molar-refractivity contribution in [1.82, 2.24) is 5.32 Å². The van der Waals surface area contributed by atoms with E-state index in [9.17, 15) is 9.90 Å². The van der Waals surface area contributed by atoms with Crippen LogP contribution in [0.4, 0.5) is 0 Å². The molecule has 1 aromatic carbocycles. The molecule has 1 saturated carbocycles. The number of hydrogen-bond donors (Lipinski definition) is 2. The van der Waals surface area contributed by atoms with E-state index in [1.54, 1.807) is 0 Å². The Morgan fingerprint density at radius 2 is 1.95 bits per heavy atom. The normalized spacial score (nSPS) is 19.1. The smallest absolute Gasteiger partial charge is 0.221 e. The van der Waals surface area contributed by atoms with Crippen LogP contribution in [0.3, 0.4) is 0 Å². The van der Waals surface area contributed by atoms with Crippen LogP contribution in [0.1, 0.15) is 44.6 Å². The average molecular weight is 261 g/mol. The lowest BCUT2D eigenvalue weighted by molar-refractivity contribution is -0.124. The summed E-state index contributed by atoms with van der Waals surface area (Å²) in [6.07, 6.45) is 5.40. The highest BCUT2D eigenvalue weighted by Gasteiger charge is 2.29. The molecule has 19 heavy (non-hydrogen) atoms. The van der Waals surface area contributed by atoms with Crippen LogP contribution in [-0.4, -0.2) is 17.6 Å². The monoisotopic (exact) mass is 261 g/mol. The molecule has 1 aliphatic rings. The third kappa shape index (κ3) is 3.57. The van der Waals surface area contributed by atoms with Gasteiger partial charge in [0.2, 0.25) is 5.91 Å². The molecule has 0 aromatic heterocycles. The molecule has 1 unspecified atom stereocenters. The summed E-state index contributed by atoms with van der Waals surface area (Å²) in [4.78, 5) is 12.1. The highest BCUT2D eigenvalue weighted by Crippen LogP contribution is 2.28. The largest absolute Gasteiger partial charge is 0.394 e. The van der Waals surface area contributed by atoms with Gasteiger partial charge in [0, 0.05) is 6.42 Å². The SMILES string of the molecule is CC(CO)(NC(=O)CC1CCCC1)c1ccccc1. The highest BCUT2D eigenvalue weighted by atomic mass is 16.3. The van der Waals surface area contributed by atoms with Gasteiger partial charge < -0.3 is 10.4 Å². The van der Waals surface area contributed by atoms with Gasteiger partial charge in [-0.1, -0.05) is 43.2 Å². The van der Waals surface area contributed by atoms with Gasteiger partial charge in [0.25, 0.3) is 0 Å². The van der Waals surface area contributed by atoms with Crippen molar-refractivity contribution in [3.05, 3.63) is 35.9 Å². The molecule has 104 valence electrons. The van der Waals surface area contributed by atoms with Crippen molar-refractivity contribution in [3.8, 4) is 0 Å². The molecule has 1 aromatic rings. The first kappa shape index (κ1) is 14.1. The van der Waals surface area contributed by atoms with Crippen LogP contribution in [0, 0.1) is 5.92 Å². The molecule has 0 saturated heterocycles. The maximum Gasteiger partial charge on any atom is 0.221 e. The van der Waals surface area contributed by atoms with Crippen LogP contribution >= 0.6 is 0 Å². The van der Waals surface area contributed by atoms with Crippen molar-refractivity contribution >= 4 is 5.91 Å². The van der Waals surface area contributed by atoms with E-state index in [4.69, 9.17) is 0 Å². The Morgan fingerprint density at radius 1 is 1.32 bits per heavy atom. The van der Waals surface area contributed by atoms with Crippen LogP contribution in [0.15, 0.2) is 30.3 Å². The second kappa shape index (κ2) is 6.20. The fourth-order valence-electron chi connectivity index (χ4n) is 2.84. The van der Waals surface area contributed by atoms with Gasteiger partial charge in [-0.25, -0.2) is 0 Å². The molecule has 0 bridgehead atoms. The van der Waals surface area contributed by atoms with E-state index < -0.39 is 5.54 Å². The quantitative estimate of drug-likeness (QED) is 0.856. The van der Waals surface area contributed by atoms with Crippen molar-refractivity contribution < 1.29 is 9.90 Å². The molecule has 1 aliphatic carbocycles. The predicted molar refractivity (Wildman–Crippen MR) is 75.6 cm³/mol. The number of amides is 1. The summed E-state index contributed by atoms with van der Waals surface area (Å²) in [6, 6.07) is 9.65. The van der Waals surface area contributed by atoms with Crippen molar-refractivity contribution in [2.24, 2.45) is 5.92 Å². The average Bonchev–Trinajstić information content (AvgIpc) is 2.92. The van der Waals surface area contributed by atoms with Crippen LogP contribution in [0.5, 0.6) is 0 Å². The van der Waals surface area contributed by atoms with Crippen molar-refractivity contribution in [3.63, 3.8) is 0 Å². The maximum absolute atomic E-state index is 12.1. The summed E-state index contributed by atoms with van der Waals surface area (Å²) >= 11 is 0. The van der Waals surface area contributed by atoms with Gasteiger partial charge in [0.05, 0.1) is 12.1 Å². The van der Waals surface area contributed by atoms with Crippen LogP contribution < -0.4 is 5.32 Å². The van der Waals surface area contributed by atoms with E-state index in [1.807, 2.05) is 37.3 Å². The highest BCUT2D eigenvalue weighted by molar-refractivity contribution is 5.77. The van der Waals surface area contributed by atoms with Gasteiger partial charge in [0.15, 0.2) is 0 Å².